The molecule has 1 unspecified atom stereocenters. The molecule has 0 saturated carbocycles. The largest absolute Gasteiger partial charge is 0.373 e. The molecule has 1 saturated heterocycles. The van der Waals surface area contributed by atoms with Crippen LogP contribution in [0.5, 0.6) is 0 Å². The van der Waals surface area contributed by atoms with Crippen molar-refractivity contribution in [2.45, 2.75) is 32.8 Å². The number of aryl methyl sites for hydroxylation is 3. The zero-order valence-electron chi connectivity index (χ0n) is 7.46. The number of thiazole rings is 1. The van der Waals surface area contributed by atoms with Crippen LogP contribution in [0.1, 0.15) is 22.0 Å². The van der Waals surface area contributed by atoms with Gasteiger partial charge < -0.3 is 4.74 Å². The summed E-state index contributed by atoms with van der Waals surface area (Å²) in [6.45, 7) is 5.16. The van der Waals surface area contributed by atoms with Crippen LogP contribution in [0.25, 0.3) is 0 Å². The summed E-state index contributed by atoms with van der Waals surface area (Å²) in [4.78, 5) is 5.82. The normalized spacial score (nSPS) is 21.3. The Morgan fingerprint density at radius 3 is 2.83 bits per heavy atom. The third-order valence-electron chi connectivity index (χ3n) is 2.16. The number of ether oxygens (including phenoxy) is 1. The second-order valence-corrected chi connectivity index (χ2v) is 4.53. The number of hydrogen-bond acceptors (Lipinski definition) is 3. The highest BCUT2D eigenvalue weighted by molar-refractivity contribution is 7.11. The Morgan fingerprint density at radius 1 is 1.58 bits per heavy atom. The highest BCUT2D eigenvalue weighted by atomic mass is 32.1. The average Bonchev–Trinajstić information content (AvgIpc) is 2.78. The molecule has 3 heteroatoms. The first kappa shape index (κ1) is 8.20. The second-order valence-electron chi connectivity index (χ2n) is 3.24. The molecule has 2 heterocycles. The van der Waals surface area contributed by atoms with Gasteiger partial charge in [-0.1, -0.05) is 0 Å². The summed E-state index contributed by atoms with van der Waals surface area (Å²) in [6.07, 6.45) is 2.77. The summed E-state index contributed by atoms with van der Waals surface area (Å²) in [5.74, 6) is 0. The van der Waals surface area contributed by atoms with Crippen molar-refractivity contribution in [3.63, 3.8) is 0 Å². The summed E-state index contributed by atoms with van der Waals surface area (Å²) in [6, 6.07) is 0. The molecule has 12 heavy (non-hydrogen) atoms. The molecule has 0 spiro atoms. The lowest BCUT2D eigenvalue weighted by molar-refractivity contribution is 0.396. The minimum absolute atomic E-state index is 0.537. The van der Waals surface area contributed by atoms with Gasteiger partial charge >= 0.3 is 0 Å². The lowest BCUT2D eigenvalue weighted by Gasteiger charge is -1.90. The van der Waals surface area contributed by atoms with Crippen molar-refractivity contribution in [1.29, 1.82) is 0 Å². The number of aromatic nitrogens is 1. The van der Waals surface area contributed by atoms with Gasteiger partial charge in [0.05, 0.1) is 23.4 Å². The first-order valence-corrected chi connectivity index (χ1v) is 5.12. The summed E-state index contributed by atoms with van der Waals surface area (Å²) in [7, 11) is 0. The molecule has 0 aliphatic carbocycles. The van der Waals surface area contributed by atoms with Gasteiger partial charge in [0.2, 0.25) is 0 Å². The van der Waals surface area contributed by atoms with Gasteiger partial charge in [-0.15, -0.1) is 11.3 Å². The van der Waals surface area contributed by atoms with Crippen LogP contribution in [0.2, 0.25) is 0 Å². The maximum Gasteiger partial charge on any atom is 0.0931 e. The van der Waals surface area contributed by atoms with Crippen molar-refractivity contribution < 1.29 is 4.74 Å². The number of nitrogens with zero attached hydrogens (tertiary/aromatic N) is 1. The van der Waals surface area contributed by atoms with Crippen LogP contribution in [0.4, 0.5) is 0 Å². The smallest absolute Gasteiger partial charge is 0.0931 e. The van der Waals surface area contributed by atoms with Crippen molar-refractivity contribution in [2.75, 3.05) is 6.61 Å². The fourth-order valence-electron chi connectivity index (χ4n) is 1.17. The van der Waals surface area contributed by atoms with E-state index in [1.165, 1.54) is 15.6 Å². The van der Waals surface area contributed by atoms with Crippen LogP contribution in [-0.4, -0.2) is 17.7 Å². The molecule has 0 amide bonds. The summed E-state index contributed by atoms with van der Waals surface area (Å²) in [5.41, 5.74) is 1.19. The van der Waals surface area contributed by atoms with E-state index in [0.29, 0.717) is 6.10 Å². The van der Waals surface area contributed by atoms with Gasteiger partial charge in [0.1, 0.15) is 0 Å². The quantitative estimate of drug-likeness (QED) is 0.670. The lowest BCUT2D eigenvalue weighted by atomic mass is 10.2. The van der Waals surface area contributed by atoms with E-state index in [9.17, 15) is 0 Å². The summed E-state index contributed by atoms with van der Waals surface area (Å²) < 4.78 is 5.14. The molecule has 1 aliphatic heterocycles. The molecule has 1 aliphatic rings. The Morgan fingerprint density at radius 2 is 2.33 bits per heavy atom. The van der Waals surface area contributed by atoms with Gasteiger partial charge in [0, 0.05) is 11.3 Å². The molecule has 1 atom stereocenters. The lowest BCUT2D eigenvalue weighted by Crippen LogP contribution is -1.90. The summed E-state index contributed by atoms with van der Waals surface area (Å²) >= 11 is 1.82. The monoisotopic (exact) mass is 183 g/mol. The molecule has 66 valence electrons. The molecule has 2 rings (SSSR count). The molecule has 1 aromatic heterocycles. The van der Waals surface area contributed by atoms with Crippen LogP contribution in [0.15, 0.2) is 0 Å². The SMILES string of the molecule is Cc1nc(CCC2CO2)sc1C. The third-order valence-corrected chi connectivity index (χ3v) is 3.29. The zero-order chi connectivity index (χ0) is 8.55. The van der Waals surface area contributed by atoms with Gasteiger partial charge in [-0.3, -0.25) is 0 Å². The van der Waals surface area contributed by atoms with E-state index in [1.807, 2.05) is 11.3 Å². The van der Waals surface area contributed by atoms with Crippen molar-refractivity contribution in [2.24, 2.45) is 0 Å². The van der Waals surface area contributed by atoms with Crippen molar-refractivity contribution in [1.82, 2.24) is 4.98 Å². The molecular weight excluding hydrogens is 170 g/mol. The van der Waals surface area contributed by atoms with Gasteiger partial charge in [-0.25, -0.2) is 4.98 Å². The highest BCUT2D eigenvalue weighted by Gasteiger charge is 2.22. The first-order chi connectivity index (χ1) is 5.75. The fraction of sp³-hybridized carbons (Fsp3) is 0.667. The molecule has 0 N–H and O–H groups in total. The van der Waals surface area contributed by atoms with Crippen molar-refractivity contribution in [3.05, 3.63) is 15.6 Å². The van der Waals surface area contributed by atoms with Crippen LogP contribution in [0, 0.1) is 13.8 Å². The highest BCUT2D eigenvalue weighted by Crippen LogP contribution is 2.21. The molecule has 0 radical (unpaired) electrons. The van der Waals surface area contributed by atoms with E-state index < -0.39 is 0 Å². The number of epoxide rings is 1. The summed E-state index contributed by atoms with van der Waals surface area (Å²) in [5, 5.41) is 1.26. The average molecular weight is 183 g/mol. The van der Waals surface area contributed by atoms with E-state index in [1.54, 1.807) is 0 Å². The Labute approximate surface area is 76.6 Å². The van der Waals surface area contributed by atoms with Gasteiger partial charge in [0.25, 0.3) is 0 Å². The Balaban J connectivity index is 1.93. The van der Waals surface area contributed by atoms with Gasteiger partial charge in [-0.2, -0.15) is 0 Å². The molecule has 1 fully saturated rings. The van der Waals surface area contributed by atoms with E-state index in [4.69, 9.17) is 4.74 Å². The van der Waals surface area contributed by atoms with Crippen LogP contribution in [-0.2, 0) is 11.2 Å². The van der Waals surface area contributed by atoms with E-state index in [-0.39, 0.29) is 0 Å². The van der Waals surface area contributed by atoms with E-state index >= 15 is 0 Å². The maximum absolute atomic E-state index is 5.14. The minimum Gasteiger partial charge on any atom is -0.373 e. The Kier molecular flexibility index (Phi) is 2.15. The van der Waals surface area contributed by atoms with Gasteiger partial charge in [-0.05, 0) is 20.3 Å². The predicted octanol–water partition coefficient (Wildman–Crippen LogP) is 2.09. The number of rotatable bonds is 3. The molecule has 0 bridgehead atoms. The molecule has 1 aromatic rings. The van der Waals surface area contributed by atoms with Crippen LogP contribution >= 0.6 is 11.3 Å². The standard InChI is InChI=1S/C9H13NOS/c1-6-7(2)12-9(10-6)4-3-8-5-11-8/h8H,3-5H2,1-2H3. The Hall–Kier alpha value is -0.410. The molecular formula is C9H13NOS. The maximum atomic E-state index is 5.14. The zero-order valence-corrected chi connectivity index (χ0v) is 8.28. The molecule has 2 nitrogen and oxygen atoms in total. The Bertz CT molecular complexity index is 259. The van der Waals surface area contributed by atoms with Crippen molar-refractivity contribution >= 4 is 11.3 Å². The fourth-order valence-corrected chi connectivity index (χ4v) is 2.11. The van der Waals surface area contributed by atoms with Crippen molar-refractivity contribution in [3.8, 4) is 0 Å². The minimum atomic E-state index is 0.537. The third kappa shape index (κ3) is 1.84. The van der Waals surface area contributed by atoms with E-state index in [0.717, 1.165) is 19.4 Å². The first-order valence-electron chi connectivity index (χ1n) is 4.30. The van der Waals surface area contributed by atoms with E-state index in [2.05, 4.69) is 18.8 Å². The van der Waals surface area contributed by atoms with Gasteiger partial charge in [0.15, 0.2) is 0 Å². The van der Waals surface area contributed by atoms with Crippen LogP contribution in [0.3, 0.4) is 0 Å². The van der Waals surface area contributed by atoms with Crippen LogP contribution < -0.4 is 0 Å². The predicted molar refractivity (Wildman–Crippen MR) is 49.6 cm³/mol. The molecule has 0 aromatic carbocycles. The number of hydrogen-bond donors (Lipinski definition) is 0. The second kappa shape index (κ2) is 3.15. The topological polar surface area (TPSA) is 25.4 Å².